The van der Waals surface area contributed by atoms with Gasteiger partial charge in [-0.2, -0.15) is 0 Å². The van der Waals surface area contributed by atoms with Crippen molar-refractivity contribution in [3.05, 3.63) is 56.2 Å². The molecule has 2 N–H and O–H groups in total. The van der Waals surface area contributed by atoms with E-state index in [4.69, 9.17) is 5.73 Å². The third-order valence-corrected chi connectivity index (χ3v) is 4.43. The van der Waals surface area contributed by atoms with Crippen molar-refractivity contribution in [2.24, 2.45) is 13.0 Å². The van der Waals surface area contributed by atoms with Crippen LogP contribution in [0.15, 0.2) is 33.9 Å². The molecule has 2 aromatic rings. The number of benzene rings is 1. The summed E-state index contributed by atoms with van der Waals surface area (Å²) in [5.41, 5.74) is 5.01. The summed E-state index contributed by atoms with van der Waals surface area (Å²) in [5.74, 6) is -1.02. The molecule has 8 nitrogen and oxygen atoms in total. The molecule has 31 heavy (non-hydrogen) atoms. The topological polar surface area (TPSA) is 99.6 Å². The number of nitrogens with zero attached hydrogens (tertiary/aromatic N) is 3. The summed E-state index contributed by atoms with van der Waals surface area (Å²) in [4.78, 5) is 39.2. The molecule has 2 rings (SSSR count). The number of anilines is 1. The smallest absolute Gasteiger partial charge is 0.406 e. The Morgan fingerprint density at radius 2 is 1.77 bits per heavy atom. The van der Waals surface area contributed by atoms with Crippen LogP contribution in [0.2, 0.25) is 0 Å². The van der Waals surface area contributed by atoms with Crippen molar-refractivity contribution in [1.29, 1.82) is 0 Å². The number of carbonyl (C=O) groups excluding carboxylic acids is 1. The molecule has 0 aliphatic carbocycles. The monoisotopic (exact) mass is 442 g/mol. The Balaban J connectivity index is 2.19. The Kier molecular flexibility index (Phi) is 7.32. The number of aromatic nitrogens is 2. The number of hydrogen-bond donors (Lipinski definition) is 1. The van der Waals surface area contributed by atoms with E-state index in [0.29, 0.717) is 5.56 Å². The molecule has 0 aliphatic heterocycles. The second kappa shape index (κ2) is 9.38. The zero-order chi connectivity index (χ0) is 23.5. The number of carbonyl (C=O) groups is 1. The van der Waals surface area contributed by atoms with Gasteiger partial charge in [-0.25, -0.2) is 4.79 Å². The van der Waals surface area contributed by atoms with Crippen LogP contribution in [0.4, 0.5) is 19.0 Å². The average Bonchev–Trinajstić information content (AvgIpc) is 2.64. The van der Waals surface area contributed by atoms with Gasteiger partial charge in [0.2, 0.25) is 0 Å². The molecule has 0 spiro atoms. The van der Waals surface area contributed by atoms with Gasteiger partial charge in [-0.1, -0.05) is 26.0 Å². The largest absolute Gasteiger partial charge is 0.573 e. The molecule has 1 heterocycles. The van der Waals surface area contributed by atoms with Gasteiger partial charge < -0.3 is 10.5 Å². The molecule has 0 amide bonds. The Bertz CT molecular complexity index is 1060. The number of hydrogen-bond acceptors (Lipinski definition) is 6. The number of nitrogens with two attached hydrogens (primary N) is 1. The number of ketones is 1. The molecule has 0 fully saturated rings. The van der Waals surface area contributed by atoms with Crippen LogP contribution in [0.3, 0.4) is 0 Å². The average molecular weight is 442 g/mol. The highest BCUT2D eigenvalue weighted by molar-refractivity contribution is 6.01. The molecular weight excluding hydrogens is 417 g/mol. The standard InChI is InChI=1S/C20H25F3N4O4/c1-12(2)9-27-17(24)16(18(29)26(4)19(27)30)15(28)11-25(3)10-13-5-7-14(8-6-13)31-20(21,22)23/h5-8,12H,9-11,24H2,1-4H3. The maximum absolute atomic E-state index is 12.8. The van der Waals surface area contributed by atoms with Gasteiger partial charge in [0.15, 0.2) is 5.78 Å². The zero-order valence-corrected chi connectivity index (χ0v) is 17.7. The number of alkyl halides is 3. The predicted octanol–water partition coefficient (Wildman–Crippen LogP) is 2.00. The lowest BCUT2D eigenvalue weighted by Crippen LogP contribution is -2.44. The minimum atomic E-state index is -4.77. The van der Waals surface area contributed by atoms with E-state index >= 15 is 0 Å². The first-order valence-corrected chi connectivity index (χ1v) is 9.46. The lowest BCUT2D eigenvalue weighted by molar-refractivity contribution is -0.274. The number of Topliss-reactive ketones (excluding diaryl/α,β-unsaturated/α-hetero) is 1. The molecular formula is C20H25F3N4O4. The van der Waals surface area contributed by atoms with Crippen LogP contribution < -0.4 is 21.7 Å². The summed E-state index contributed by atoms with van der Waals surface area (Å²) in [5, 5.41) is 0. The van der Waals surface area contributed by atoms with Crippen molar-refractivity contribution in [3.8, 4) is 5.75 Å². The van der Waals surface area contributed by atoms with Gasteiger partial charge in [0, 0.05) is 20.1 Å². The highest BCUT2D eigenvalue weighted by Crippen LogP contribution is 2.23. The Morgan fingerprint density at radius 1 is 1.19 bits per heavy atom. The van der Waals surface area contributed by atoms with Crippen LogP contribution >= 0.6 is 0 Å². The molecule has 0 aliphatic rings. The summed E-state index contributed by atoms with van der Waals surface area (Å²) in [6.07, 6.45) is -4.77. The van der Waals surface area contributed by atoms with Crippen LogP contribution in [0.25, 0.3) is 0 Å². The highest BCUT2D eigenvalue weighted by atomic mass is 19.4. The lowest BCUT2D eigenvalue weighted by Gasteiger charge is -2.19. The molecule has 0 bridgehead atoms. The summed E-state index contributed by atoms with van der Waals surface area (Å²) in [6, 6.07) is 5.23. The summed E-state index contributed by atoms with van der Waals surface area (Å²) in [7, 11) is 2.90. The van der Waals surface area contributed by atoms with E-state index in [0.717, 1.165) is 4.57 Å². The molecule has 0 radical (unpaired) electrons. The number of nitrogen functional groups attached to an aromatic ring is 1. The van der Waals surface area contributed by atoms with E-state index < -0.39 is 23.4 Å². The number of halogens is 3. The summed E-state index contributed by atoms with van der Waals surface area (Å²) >= 11 is 0. The Hall–Kier alpha value is -3.08. The third-order valence-electron chi connectivity index (χ3n) is 4.43. The third kappa shape index (κ3) is 6.20. The molecule has 1 aromatic carbocycles. The van der Waals surface area contributed by atoms with E-state index in [2.05, 4.69) is 4.74 Å². The van der Waals surface area contributed by atoms with E-state index in [1.165, 1.54) is 35.9 Å². The van der Waals surface area contributed by atoms with Crippen molar-refractivity contribution in [2.45, 2.75) is 33.3 Å². The minimum absolute atomic E-state index is 0.0624. The number of rotatable bonds is 8. The molecule has 0 saturated heterocycles. The Morgan fingerprint density at radius 3 is 2.29 bits per heavy atom. The van der Waals surface area contributed by atoms with Gasteiger partial charge in [0.05, 0.1) is 6.54 Å². The minimum Gasteiger partial charge on any atom is -0.406 e. The molecule has 0 atom stereocenters. The summed E-state index contributed by atoms with van der Waals surface area (Å²) < 4.78 is 42.6. The molecule has 0 saturated carbocycles. The summed E-state index contributed by atoms with van der Waals surface area (Å²) in [6.45, 7) is 4.04. The number of likely N-dealkylation sites (N-methyl/N-ethyl adjacent to an activating group) is 1. The molecule has 0 unspecified atom stereocenters. The van der Waals surface area contributed by atoms with E-state index in [9.17, 15) is 27.6 Å². The first-order chi connectivity index (χ1) is 14.3. The van der Waals surface area contributed by atoms with E-state index in [1.807, 2.05) is 13.8 Å². The van der Waals surface area contributed by atoms with Crippen molar-refractivity contribution < 1.29 is 22.7 Å². The molecule has 170 valence electrons. The fourth-order valence-electron chi connectivity index (χ4n) is 3.08. The van der Waals surface area contributed by atoms with Gasteiger partial charge in [0.1, 0.15) is 17.1 Å². The van der Waals surface area contributed by atoms with Crippen LogP contribution in [0.5, 0.6) is 5.75 Å². The quantitative estimate of drug-likeness (QED) is 0.628. The van der Waals surface area contributed by atoms with Crippen molar-refractivity contribution in [1.82, 2.24) is 14.0 Å². The Labute approximate surface area is 176 Å². The fourth-order valence-corrected chi connectivity index (χ4v) is 3.08. The maximum Gasteiger partial charge on any atom is 0.573 e. The van der Waals surface area contributed by atoms with Crippen LogP contribution in [0.1, 0.15) is 29.8 Å². The van der Waals surface area contributed by atoms with Crippen LogP contribution in [-0.4, -0.2) is 39.8 Å². The van der Waals surface area contributed by atoms with Gasteiger partial charge in [-0.15, -0.1) is 13.2 Å². The van der Waals surface area contributed by atoms with Crippen molar-refractivity contribution >= 4 is 11.6 Å². The van der Waals surface area contributed by atoms with Gasteiger partial charge in [-0.05, 0) is 30.7 Å². The van der Waals surface area contributed by atoms with Gasteiger partial charge in [-0.3, -0.25) is 23.6 Å². The van der Waals surface area contributed by atoms with Gasteiger partial charge >= 0.3 is 12.1 Å². The maximum atomic E-state index is 12.8. The second-order valence-electron chi connectivity index (χ2n) is 7.70. The second-order valence-corrected chi connectivity index (χ2v) is 7.70. The fraction of sp³-hybridized carbons (Fsp3) is 0.450. The van der Waals surface area contributed by atoms with Crippen LogP contribution in [-0.2, 0) is 20.1 Å². The molecule has 1 aromatic heterocycles. The van der Waals surface area contributed by atoms with Crippen molar-refractivity contribution in [2.75, 3.05) is 19.3 Å². The SMILES string of the molecule is CC(C)Cn1c(N)c(C(=O)CN(C)Cc2ccc(OC(F)(F)F)cc2)c(=O)n(C)c1=O. The van der Waals surface area contributed by atoms with E-state index in [-0.39, 0.29) is 42.7 Å². The molecule has 11 heteroatoms. The van der Waals surface area contributed by atoms with Gasteiger partial charge in [0.25, 0.3) is 5.56 Å². The highest BCUT2D eigenvalue weighted by Gasteiger charge is 2.31. The zero-order valence-electron chi connectivity index (χ0n) is 17.7. The van der Waals surface area contributed by atoms with Crippen LogP contribution in [0, 0.1) is 5.92 Å². The first kappa shape index (κ1) is 24.2. The number of ether oxygens (including phenoxy) is 1. The lowest BCUT2D eigenvalue weighted by atomic mass is 10.1. The van der Waals surface area contributed by atoms with Crippen molar-refractivity contribution in [3.63, 3.8) is 0 Å². The van der Waals surface area contributed by atoms with E-state index in [1.54, 1.807) is 11.9 Å². The first-order valence-electron chi connectivity index (χ1n) is 9.46. The normalized spacial score (nSPS) is 11.9. The predicted molar refractivity (Wildman–Crippen MR) is 109 cm³/mol.